The molecule has 0 aromatic heterocycles. The molecule has 0 spiro atoms. The van der Waals surface area contributed by atoms with Crippen LogP contribution in [0.2, 0.25) is 0 Å². The number of rotatable bonds is 6. The molecular weight excluding hydrogens is 354 g/mol. The zero-order valence-corrected chi connectivity index (χ0v) is 16.5. The molecule has 8 heteroatoms. The lowest BCUT2D eigenvalue weighted by Crippen LogP contribution is -2.62. The van der Waals surface area contributed by atoms with E-state index < -0.39 is 15.4 Å². The number of carbonyl (C=O) groups is 2. The molecule has 0 aromatic carbocycles. The lowest BCUT2D eigenvalue weighted by molar-refractivity contribution is -0.137. The van der Waals surface area contributed by atoms with Crippen molar-refractivity contribution in [3.63, 3.8) is 0 Å². The molecule has 3 fully saturated rings. The standard InChI is InChI=1S/C18H31N3O4S/c1-2-21-15-7-3-4-9-18(15,10-14-26(21,24)25)17(23)19-11-6-13-20-12-5-8-16(20)22/h15H,2-14H2,1H3,(H,19,23)/t15-,18-/m1/s1. The maximum atomic E-state index is 13.1. The van der Waals surface area contributed by atoms with E-state index in [9.17, 15) is 18.0 Å². The molecular formula is C18H31N3O4S. The van der Waals surface area contributed by atoms with Gasteiger partial charge in [0.2, 0.25) is 21.8 Å². The maximum absolute atomic E-state index is 13.1. The van der Waals surface area contributed by atoms with Crippen LogP contribution in [0.3, 0.4) is 0 Å². The third-order valence-electron chi connectivity index (χ3n) is 6.32. The van der Waals surface area contributed by atoms with Crippen LogP contribution >= 0.6 is 0 Å². The monoisotopic (exact) mass is 385 g/mol. The Bertz CT molecular complexity index is 651. The molecule has 2 amide bonds. The number of carbonyl (C=O) groups excluding carboxylic acids is 2. The van der Waals surface area contributed by atoms with E-state index in [0.29, 0.717) is 32.5 Å². The van der Waals surface area contributed by atoms with Gasteiger partial charge in [0.15, 0.2) is 0 Å². The Labute approximate surface area is 156 Å². The molecule has 1 aliphatic carbocycles. The zero-order chi connectivity index (χ0) is 18.8. The van der Waals surface area contributed by atoms with Crippen molar-refractivity contribution >= 4 is 21.8 Å². The highest BCUT2D eigenvalue weighted by Gasteiger charge is 2.54. The minimum atomic E-state index is -3.25. The van der Waals surface area contributed by atoms with Crippen LogP contribution in [0.5, 0.6) is 0 Å². The van der Waals surface area contributed by atoms with Crippen LogP contribution in [0.4, 0.5) is 0 Å². The van der Waals surface area contributed by atoms with E-state index >= 15 is 0 Å². The van der Waals surface area contributed by atoms with Crippen LogP contribution in [-0.4, -0.2) is 67.4 Å². The Morgan fingerprint density at radius 2 is 2.08 bits per heavy atom. The fourth-order valence-corrected chi connectivity index (χ4v) is 6.88. The van der Waals surface area contributed by atoms with Gasteiger partial charge in [-0.05, 0) is 32.1 Å². The minimum absolute atomic E-state index is 0.00305. The Morgan fingerprint density at radius 3 is 2.77 bits per heavy atom. The summed E-state index contributed by atoms with van der Waals surface area (Å²) in [4.78, 5) is 26.6. The van der Waals surface area contributed by atoms with E-state index in [1.807, 2.05) is 11.8 Å². The molecule has 0 radical (unpaired) electrons. The smallest absolute Gasteiger partial charge is 0.227 e. The first kappa shape index (κ1) is 19.6. The van der Waals surface area contributed by atoms with Crippen molar-refractivity contribution in [2.75, 3.05) is 31.9 Å². The van der Waals surface area contributed by atoms with E-state index in [2.05, 4.69) is 5.32 Å². The van der Waals surface area contributed by atoms with Crippen LogP contribution in [0.15, 0.2) is 0 Å². The van der Waals surface area contributed by atoms with Crippen molar-refractivity contribution in [2.24, 2.45) is 5.41 Å². The van der Waals surface area contributed by atoms with Gasteiger partial charge in [0.25, 0.3) is 0 Å². The van der Waals surface area contributed by atoms with E-state index in [4.69, 9.17) is 0 Å². The fraction of sp³-hybridized carbons (Fsp3) is 0.889. The summed E-state index contributed by atoms with van der Waals surface area (Å²) in [6.45, 7) is 4.33. The number of fused-ring (bicyclic) bond motifs is 1. The summed E-state index contributed by atoms with van der Waals surface area (Å²) in [5.41, 5.74) is -0.580. The Balaban J connectivity index is 1.61. The highest BCUT2D eigenvalue weighted by Crippen LogP contribution is 2.46. The van der Waals surface area contributed by atoms with Gasteiger partial charge in [0, 0.05) is 38.6 Å². The van der Waals surface area contributed by atoms with Crippen molar-refractivity contribution in [3.8, 4) is 0 Å². The van der Waals surface area contributed by atoms with Gasteiger partial charge in [-0.3, -0.25) is 9.59 Å². The molecule has 1 saturated carbocycles. The maximum Gasteiger partial charge on any atom is 0.227 e. The SMILES string of the molecule is CCN1[C@@H]2CCCC[C@@]2(C(=O)NCCCN2CCCC2=O)CCS1(=O)=O. The summed E-state index contributed by atoms with van der Waals surface area (Å²) in [5.74, 6) is 0.272. The largest absolute Gasteiger partial charge is 0.356 e. The normalized spacial score (nSPS) is 31.7. The van der Waals surface area contributed by atoms with Gasteiger partial charge in [0.05, 0.1) is 11.2 Å². The summed E-state index contributed by atoms with van der Waals surface area (Å²) in [5, 5.41) is 3.05. The topological polar surface area (TPSA) is 86.8 Å². The van der Waals surface area contributed by atoms with Crippen molar-refractivity contribution in [2.45, 2.75) is 64.3 Å². The average Bonchev–Trinajstić information content (AvgIpc) is 3.03. The van der Waals surface area contributed by atoms with E-state index in [-0.39, 0.29) is 23.6 Å². The van der Waals surface area contributed by atoms with Gasteiger partial charge < -0.3 is 10.2 Å². The van der Waals surface area contributed by atoms with Crippen LogP contribution in [0.1, 0.15) is 58.3 Å². The van der Waals surface area contributed by atoms with Gasteiger partial charge in [0.1, 0.15) is 0 Å². The molecule has 7 nitrogen and oxygen atoms in total. The Kier molecular flexibility index (Phi) is 5.91. The second-order valence-corrected chi connectivity index (χ2v) is 9.82. The van der Waals surface area contributed by atoms with Gasteiger partial charge in [-0.15, -0.1) is 0 Å². The van der Waals surface area contributed by atoms with E-state index in [1.165, 1.54) is 0 Å². The molecule has 1 N–H and O–H groups in total. The Hall–Kier alpha value is -1.15. The molecule has 2 atom stereocenters. The fourth-order valence-electron chi connectivity index (χ4n) is 4.94. The van der Waals surface area contributed by atoms with E-state index in [1.54, 1.807) is 4.31 Å². The second-order valence-electron chi connectivity index (χ2n) is 7.78. The molecule has 0 bridgehead atoms. The van der Waals surface area contributed by atoms with Crippen molar-refractivity contribution in [1.29, 1.82) is 0 Å². The minimum Gasteiger partial charge on any atom is -0.356 e. The lowest BCUT2D eigenvalue weighted by Gasteiger charge is -2.50. The molecule has 3 aliphatic rings. The molecule has 0 aromatic rings. The number of amides is 2. The van der Waals surface area contributed by atoms with Gasteiger partial charge >= 0.3 is 0 Å². The summed E-state index contributed by atoms with van der Waals surface area (Å²) < 4.78 is 26.4. The highest BCUT2D eigenvalue weighted by atomic mass is 32.2. The first-order valence-corrected chi connectivity index (χ1v) is 11.6. The second kappa shape index (κ2) is 7.84. The van der Waals surface area contributed by atoms with Crippen LogP contribution in [0.25, 0.3) is 0 Å². The van der Waals surface area contributed by atoms with Crippen LogP contribution < -0.4 is 5.32 Å². The molecule has 148 valence electrons. The first-order chi connectivity index (χ1) is 12.4. The molecule has 2 heterocycles. The van der Waals surface area contributed by atoms with Gasteiger partial charge in [-0.2, -0.15) is 4.31 Å². The third-order valence-corrected chi connectivity index (χ3v) is 8.27. The zero-order valence-electron chi connectivity index (χ0n) is 15.7. The summed E-state index contributed by atoms with van der Waals surface area (Å²) >= 11 is 0. The molecule has 26 heavy (non-hydrogen) atoms. The van der Waals surface area contributed by atoms with Gasteiger partial charge in [-0.25, -0.2) is 8.42 Å². The summed E-state index contributed by atoms with van der Waals surface area (Å²) in [6.07, 6.45) is 6.21. The number of nitrogens with one attached hydrogen (secondary N) is 1. The number of likely N-dealkylation sites (tertiary alicyclic amines) is 1. The average molecular weight is 386 g/mol. The van der Waals surface area contributed by atoms with Crippen LogP contribution in [0, 0.1) is 5.41 Å². The first-order valence-electron chi connectivity index (χ1n) is 9.96. The Morgan fingerprint density at radius 1 is 1.27 bits per heavy atom. The van der Waals surface area contributed by atoms with E-state index in [0.717, 1.165) is 45.1 Å². The quantitative estimate of drug-likeness (QED) is 0.694. The number of hydrogen-bond donors (Lipinski definition) is 1. The number of hydrogen-bond acceptors (Lipinski definition) is 4. The highest BCUT2D eigenvalue weighted by molar-refractivity contribution is 7.89. The summed E-state index contributed by atoms with van der Waals surface area (Å²) in [7, 11) is -3.25. The third kappa shape index (κ3) is 3.63. The summed E-state index contributed by atoms with van der Waals surface area (Å²) in [6, 6.07) is -0.208. The molecule has 2 aliphatic heterocycles. The molecule has 0 unspecified atom stereocenters. The number of nitrogens with zero attached hydrogens (tertiary/aromatic N) is 2. The lowest BCUT2D eigenvalue weighted by atomic mass is 9.67. The molecule has 2 saturated heterocycles. The van der Waals surface area contributed by atoms with Gasteiger partial charge in [-0.1, -0.05) is 19.8 Å². The molecule has 3 rings (SSSR count). The predicted octanol–water partition coefficient (Wildman–Crippen LogP) is 1.10. The number of sulfonamides is 1. The van der Waals surface area contributed by atoms with Crippen LogP contribution in [-0.2, 0) is 19.6 Å². The predicted molar refractivity (Wildman–Crippen MR) is 98.9 cm³/mol. The van der Waals surface area contributed by atoms with Crippen molar-refractivity contribution in [3.05, 3.63) is 0 Å². The van der Waals surface area contributed by atoms with Crippen molar-refractivity contribution in [1.82, 2.24) is 14.5 Å². The van der Waals surface area contributed by atoms with Crippen molar-refractivity contribution < 1.29 is 18.0 Å².